The summed E-state index contributed by atoms with van der Waals surface area (Å²) in [4.78, 5) is 18.0. The molecule has 0 fully saturated rings. The Morgan fingerprint density at radius 1 is 1.32 bits per heavy atom. The van der Waals surface area contributed by atoms with Crippen LogP contribution in [-0.4, -0.2) is 26.0 Å². The number of hydrogen-bond donors (Lipinski definition) is 2. The highest BCUT2D eigenvalue weighted by molar-refractivity contribution is 7.19. The lowest BCUT2D eigenvalue weighted by atomic mass is 10.1. The van der Waals surface area contributed by atoms with Crippen molar-refractivity contribution in [3.63, 3.8) is 0 Å². The number of nitrogens with one attached hydrogen (secondary N) is 1. The smallest absolute Gasteiger partial charge is 0.224 e. The Morgan fingerprint density at radius 3 is 2.72 bits per heavy atom. The van der Waals surface area contributed by atoms with Gasteiger partial charge in [0.15, 0.2) is 0 Å². The third-order valence-corrected chi connectivity index (χ3v) is 4.90. The number of halogens is 3. The van der Waals surface area contributed by atoms with Crippen molar-refractivity contribution in [1.29, 1.82) is 0 Å². The summed E-state index contributed by atoms with van der Waals surface area (Å²) in [6, 6.07) is 1.96. The number of aromatic nitrogens is 4. The SMILES string of the molecule is Cc1c(C[C@H](C)N)sc2c(NCc3ccncn3)nc(Cl)nc12.Cl.Cl. The normalized spacial score (nSPS) is 11.5. The van der Waals surface area contributed by atoms with Crippen LogP contribution in [0.5, 0.6) is 0 Å². The Bertz CT molecular complexity index is 825. The minimum absolute atomic E-state index is 0. The van der Waals surface area contributed by atoms with Crippen molar-refractivity contribution in [2.24, 2.45) is 5.73 Å². The van der Waals surface area contributed by atoms with Gasteiger partial charge in [0.2, 0.25) is 5.28 Å². The van der Waals surface area contributed by atoms with E-state index in [1.807, 2.05) is 19.9 Å². The number of nitrogens with two attached hydrogens (primary N) is 1. The molecule has 0 aliphatic rings. The molecule has 0 radical (unpaired) electrons. The second-order valence-electron chi connectivity index (χ2n) is 5.40. The maximum atomic E-state index is 6.08. The second-order valence-corrected chi connectivity index (χ2v) is 6.85. The van der Waals surface area contributed by atoms with Crippen molar-refractivity contribution in [2.45, 2.75) is 32.9 Å². The Hall–Kier alpha value is -1.25. The molecule has 0 unspecified atom stereocenters. The second kappa shape index (κ2) is 9.45. The lowest BCUT2D eigenvalue weighted by Crippen LogP contribution is -2.17. The number of nitrogens with zero attached hydrogens (tertiary/aromatic N) is 4. The van der Waals surface area contributed by atoms with Crippen molar-refractivity contribution < 1.29 is 0 Å². The number of thiophene rings is 1. The molecule has 0 aromatic carbocycles. The minimum atomic E-state index is 0. The standard InChI is InChI=1S/C15H17ClN6S.2ClH/c1-8(17)5-11-9(2)12-13(23-11)14(22-15(16)21-12)19-6-10-3-4-18-7-20-10;;/h3-4,7-8H,5-6,17H2,1-2H3,(H,19,21,22);2*1H/t8-;;/m0../s1. The first kappa shape index (κ1) is 21.8. The fourth-order valence-corrected chi connectivity index (χ4v) is 3.83. The highest BCUT2D eigenvalue weighted by Gasteiger charge is 2.16. The molecule has 0 aliphatic carbocycles. The molecule has 25 heavy (non-hydrogen) atoms. The van der Waals surface area contributed by atoms with Crippen LogP contribution < -0.4 is 11.1 Å². The number of fused-ring (bicyclic) bond motifs is 1. The van der Waals surface area contributed by atoms with Gasteiger partial charge in [-0.25, -0.2) is 15.0 Å². The number of rotatable bonds is 5. The molecule has 1 atom stereocenters. The average Bonchev–Trinajstić information content (AvgIpc) is 2.82. The van der Waals surface area contributed by atoms with Gasteiger partial charge in [-0.05, 0) is 43.5 Å². The van der Waals surface area contributed by atoms with Gasteiger partial charge in [0, 0.05) is 17.1 Å². The number of hydrogen-bond acceptors (Lipinski definition) is 7. The summed E-state index contributed by atoms with van der Waals surface area (Å²) in [6.45, 7) is 4.59. The summed E-state index contributed by atoms with van der Waals surface area (Å²) < 4.78 is 0.997. The molecule has 0 spiro atoms. The van der Waals surface area contributed by atoms with Crippen molar-refractivity contribution in [3.8, 4) is 0 Å². The maximum absolute atomic E-state index is 6.08. The molecule has 3 rings (SSSR count). The van der Waals surface area contributed by atoms with Crippen molar-refractivity contribution >= 4 is 63.8 Å². The van der Waals surface area contributed by atoms with Gasteiger partial charge >= 0.3 is 0 Å². The Morgan fingerprint density at radius 2 is 2.08 bits per heavy atom. The van der Waals surface area contributed by atoms with Crippen LogP contribution in [0.1, 0.15) is 23.1 Å². The van der Waals surface area contributed by atoms with E-state index in [1.54, 1.807) is 17.5 Å². The number of anilines is 1. The van der Waals surface area contributed by atoms with E-state index in [0.29, 0.717) is 6.54 Å². The lowest BCUT2D eigenvalue weighted by molar-refractivity contribution is 0.744. The Kier molecular flexibility index (Phi) is 8.24. The van der Waals surface area contributed by atoms with Crippen LogP contribution in [0.3, 0.4) is 0 Å². The zero-order chi connectivity index (χ0) is 16.4. The van der Waals surface area contributed by atoms with E-state index < -0.39 is 0 Å². The van der Waals surface area contributed by atoms with Gasteiger partial charge in [-0.1, -0.05) is 0 Å². The van der Waals surface area contributed by atoms with Gasteiger partial charge in [0.05, 0.1) is 22.5 Å². The summed E-state index contributed by atoms with van der Waals surface area (Å²) in [5, 5.41) is 3.52. The monoisotopic (exact) mass is 420 g/mol. The molecule has 3 aromatic heterocycles. The summed E-state index contributed by atoms with van der Waals surface area (Å²) in [5.41, 5.74) is 8.82. The summed E-state index contributed by atoms with van der Waals surface area (Å²) in [7, 11) is 0. The minimum Gasteiger partial charge on any atom is -0.363 e. The van der Waals surface area contributed by atoms with Gasteiger partial charge in [-0.3, -0.25) is 0 Å². The van der Waals surface area contributed by atoms with Crippen LogP contribution in [0.25, 0.3) is 10.2 Å². The molecule has 3 aromatic rings. The fourth-order valence-electron chi connectivity index (χ4n) is 2.31. The summed E-state index contributed by atoms with van der Waals surface area (Å²) >= 11 is 7.75. The third-order valence-electron chi connectivity index (χ3n) is 3.42. The van der Waals surface area contributed by atoms with E-state index in [-0.39, 0.29) is 36.1 Å². The van der Waals surface area contributed by atoms with Crippen LogP contribution in [0.15, 0.2) is 18.6 Å². The molecule has 0 aliphatic heterocycles. The molecule has 3 heterocycles. The molecule has 0 amide bonds. The quantitative estimate of drug-likeness (QED) is 0.609. The van der Waals surface area contributed by atoms with Gasteiger partial charge in [-0.2, -0.15) is 4.98 Å². The van der Waals surface area contributed by atoms with E-state index in [9.17, 15) is 0 Å². The molecule has 0 bridgehead atoms. The average molecular weight is 422 g/mol. The predicted octanol–water partition coefficient (Wildman–Crippen LogP) is 3.79. The van der Waals surface area contributed by atoms with Gasteiger partial charge in [-0.15, -0.1) is 36.2 Å². The molecule has 3 N–H and O–H groups in total. The summed E-state index contributed by atoms with van der Waals surface area (Å²) in [5.74, 6) is 0.725. The Balaban J connectivity index is 0.00000156. The molecular formula is C15H19Cl3N6S. The van der Waals surface area contributed by atoms with Crippen LogP contribution in [0.2, 0.25) is 5.28 Å². The van der Waals surface area contributed by atoms with E-state index in [2.05, 4.69) is 25.3 Å². The van der Waals surface area contributed by atoms with E-state index in [1.165, 1.54) is 11.2 Å². The first-order valence-electron chi connectivity index (χ1n) is 7.24. The van der Waals surface area contributed by atoms with Gasteiger partial charge in [0.1, 0.15) is 12.1 Å². The predicted molar refractivity (Wildman–Crippen MR) is 108 cm³/mol. The van der Waals surface area contributed by atoms with Crippen LogP contribution in [0.4, 0.5) is 5.82 Å². The molecule has 0 saturated heterocycles. The van der Waals surface area contributed by atoms with Crippen LogP contribution >= 0.6 is 47.8 Å². The zero-order valence-corrected chi connectivity index (χ0v) is 16.9. The molecular weight excluding hydrogens is 403 g/mol. The van der Waals surface area contributed by atoms with E-state index in [0.717, 1.165) is 33.7 Å². The fraction of sp³-hybridized carbons (Fsp3) is 0.333. The highest BCUT2D eigenvalue weighted by Crippen LogP contribution is 2.35. The molecule has 6 nitrogen and oxygen atoms in total. The molecule has 136 valence electrons. The topological polar surface area (TPSA) is 89.6 Å². The van der Waals surface area contributed by atoms with Crippen molar-refractivity contribution in [3.05, 3.63) is 40.0 Å². The zero-order valence-electron chi connectivity index (χ0n) is 13.7. The lowest BCUT2D eigenvalue weighted by Gasteiger charge is -2.06. The largest absolute Gasteiger partial charge is 0.363 e. The van der Waals surface area contributed by atoms with Crippen LogP contribution in [0, 0.1) is 6.92 Å². The Labute approximate surface area is 167 Å². The maximum Gasteiger partial charge on any atom is 0.224 e. The number of aryl methyl sites for hydroxylation is 1. The first-order chi connectivity index (χ1) is 11.0. The van der Waals surface area contributed by atoms with Crippen LogP contribution in [-0.2, 0) is 13.0 Å². The van der Waals surface area contributed by atoms with E-state index in [4.69, 9.17) is 17.3 Å². The van der Waals surface area contributed by atoms with Crippen molar-refractivity contribution in [1.82, 2.24) is 19.9 Å². The van der Waals surface area contributed by atoms with Gasteiger partial charge in [0.25, 0.3) is 0 Å². The molecule has 0 saturated carbocycles. The van der Waals surface area contributed by atoms with Gasteiger partial charge < -0.3 is 11.1 Å². The van der Waals surface area contributed by atoms with Crippen molar-refractivity contribution in [2.75, 3.05) is 5.32 Å². The van der Waals surface area contributed by atoms with E-state index >= 15 is 0 Å². The first-order valence-corrected chi connectivity index (χ1v) is 8.44. The summed E-state index contributed by atoms with van der Waals surface area (Å²) in [6.07, 6.45) is 4.05. The highest BCUT2D eigenvalue weighted by atomic mass is 35.5. The third kappa shape index (κ3) is 5.12. The molecule has 10 heteroatoms.